The lowest BCUT2D eigenvalue weighted by Gasteiger charge is -2.25. The van der Waals surface area contributed by atoms with Crippen LogP contribution in [0.3, 0.4) is 0 Å². The fourth-order valence-corrected chi connectivity index (χ4v) is 1.34. The van der Waals surface area contributed by atoms with E-state index < -0.39 is 11.6 Å². The number of hydrogen-bond acceptors (Lipinski definition) is 3. The smallest absolute Gasteiger partial charge is 0.252 e. The Morgan fingerprint density at radius 1 is 1.41 bits per heavy atom. The predicted octanol–water partition coefficient (Wildman–Crippen LogP) is 1.26. The first kappa shape index (κ1) is 13.7. The molecule has 2 N–H and O–H groups in total. The van der Waals surface area contributed by atoms with E-state index in [0.717, 1.165) is 5.56 Å². The van der Waals surface area contributed by atoms with Crippen LogP contribution in [0.1, 0.15) is 25.5 Å². The average Bonchev–Trinajstić information content (AvgIpc) is 2.36. The van der Waals surface area contributed by atoms with Crippen molar-refractivity contribution in [2.24, 2.45) is 0 Å². The van der Waals surface area contributed by atoms with Gasteiger partial charge in [0.25, 0.3) is 5.91 Å². The van der Waals surface area contributed by atoms with Gasteiger partial charge in [-0.1, -0.05) is 30.3 Å². The zero-order valence-corrected chi connectivity index (χ0v) is 10.4. The fraction of sp³-hybridized carbons (Fsp3) is 0.462. The lowest BCUT2D eigenvalue weighted by atomic mass is 10.0. The van der Waals surface area contributed by atoms with Crippen LogP contribution in [-0.4, -0.2) is 30.3 Å². The van der Waals surface area contributed by atoms with Gasteiger partial charge < -0.3 is 15.2 Å². The highest BCUT2D eigenvalue weighted by Crippen LogP contribution is 2.15. The minimum atomic E-state index is -0.901. The molecule has 0 fully saturated rings. The summed E-state index contributed by atoms with van der Waals surface area (Å²) in [5, 5.41) is 12.1. The number of methoxy groups -OCH3 is 1. The molecule has 0 heterocycles. The summed E-state index contributed by atoms with van der Waals surface area (Å²) in [5.74, 6) is -0.247. The molecule has 4 nitrogen and oxygen atoms in total. The molecule has 0 bridgehead atoms. The number of carbonyl (C=O) groups is 1. The van der Waals surface area contributed by atoms with Crippen LogP contribution < -0.4 is 5.32 Å². The molecule has 0 aliphatic rings. The van der Waals surface area contributed by atoms with Crippen LogP contribution in [0.2, 0.25) is 0 Å². The maximum absolute atomic E-state index is 11.9. The Balaban J connectivity index is 2.75. The van der Waals surface area contributed by atoms with Crippen molar-refractivity contribution in [3.63, 3.8) is 0 Å². The molecule has 1 rings (SSSR count). The molecule has 0 saturated heterocycles. The van der Waals surface area contributed by atoms with Gasteiger partial charge in [-0.05, 0) is 19.4 Å². The number of rotatable bonds is 5. The standard InChI is InChI=1S/C13H19NO3/c1-13(2,17-3)12(16)14-11(9-15)10-7-5-4-6-8-10/h4-8,11,15H,9H2,1-3H3,(H,14,16)/t11-/m1/s1. The number of aliphatic hydroxyl groups is 1. The van der Waals surface area contributed by atoms with Gasteiger partial charge >= 0.3 is 0 Å². The van der Waals surface area contributed by atoms with E-state index in [1.807, 2.05) is 30.3 Å². The maximum Gasteiger partial charge on any atom is 0.252 e. The second-order valence-corrected chi connectivity index (χ2v) is 4.33. The highest BCUT2D eigenvalue weighted by Gasteiger charge is 2.28. The molecule has 0 aliphatic carbocycles. The second kappa shape index (κ2) is 5.80. The third-order valence-corrected chi connectivity index (χ3v) is 2.75. The van der Waals surface area contributed by atoms with Crippen molar-refractivity contribution in [2.75, 3.05) is 13.7 Å². The maximum atomic E-state index is 11.9. The molecule has 0 aliphatic heterocycles. The first-order chi connectivity index (χ1) is 8.01. The minimum Gasteiger partial charge on any atom is -0.394 e. The molecule has 0 saturated carbocycles. The van der Waals surface area contributed by atoms with Crippen molar-refractivity contribution < 1.29 is 14.6 Å². The van der Waals surface area contributed by atoms with Crippen LogP contribution in [0.4, 0.5) is 0 Å². The molecule has 0 aromatic heterocycles. The normalized spacial score (nSPS) is 13.2. The van der Waals surface area contributed by atoms with Crippen molar-refractivity contribution in [3.8, 4) is 0 Å². The van der Waals surface area contributed by atoms with E-state index >= 15 is 0 Å². The molecule has 1 aromatic rings. The minimum absolute atomic E-state index is 0.143. The quantitative estimate of drug-likeness (QED) is 0.810. The van der Waals surface area contributed by atoms with Gasteiger partial charge in [0.05, 0.1) is 12.6 Å². The van der Waals surface area contributed by atoms with E-state index in [2.05, 4.69) is 5.32 Å². The van der Waals surface area contributed by atoms with Crippen LogP contribution >= 0.6 is 0 Å². The average molecular weight is 237 g/mol. The summed E-state index contributed by atoms with van der Waals surface area (Å²) in [6.07, 6.45) is 0. The largest absolute Gasteiger partial charge is 0.394 e. The Morgan fingerprint density at radius 2 is 2.00 bits per heavy atom. The summed E-state index contributed by atoms with van der Waals surface area (Å²) < 4.78 is 5.09. The van der Waals surface area contributed by atoms with Gasteiger partial charge in [-0.25, -0.2) is 0 Å². The Labute approximate surface area is 102 Å². The van der Waals surface area contributed by atoms with Gasteiger partial charge in [0.2, 0.25) is 0 Å². The molecular formula is C13H19NO3. The summed E-state index contributed by atoms with van der Waals surface area (Å²) in [7, 11) is 1.48. The third kappa shape index (κ3) is 3.54. The van der Waals surface area contributed by atoms with Crippen molar-refractivity contribution in [2.45, 2.75) is 25.5 Å². The molecule has 1 aromatic carbocycles. The van der Waals surface area contributed by atoms with Gasteiger partial charge in [0.15, 0.2) is 0 Å². The molecule has 94 valence electrons. The van der Waals surface area contributed by atoms with Crippen LogP contribution in [-0.2, 0) is 9.53 Å². The number of aliphatic hydroxyl groups excluding tert-OH is 1. The number of ether oxygens (including phenoxy) is 1. The SMILES string of the molecule is COC(C)(C)C(=O)N[C@H](CO)c1ccccc1. The first-order valence-corrected chi connectivity index (χ1v) is 5.53. The van der Waals surface area contributed by atoms with Crippen LogP contribution in [0.15, 0.2) is 30.3 Å². The predicted molar refractivity (Wildman–Crippen MR) is 65.5 cm³/mol. The molecule has 0 radical (unpaired) electrons. The van der Waals surface area contributed by atoms with Gasteiger partial charge in [-0.3, -0.25) is 4.79 Å². The van der Waals surface area contributed by atoms with E-state index in [-0.39, 0.29) is 12.5 Å². The zero-order valence-electron chi connectivity index (χ0n) is 10.4. The number of carbonyl (C=O) groups excluding carboxylic acids is 1. The lowest BCUT2D eigenvalue weighted by Crippen LogP contribution is -2.45. The number of nitrogens with one attached hydrogen (secondary N) is 1. The Morgan fingerprint density at radius 3 is 2.47 bits per heavy atom. The molecule has 0 unspecified atom stereocenters. The van der Waals surface area contributed by atoms with Crippen LogP contribution in [0, 0.1) is 0 Å². The van der Waals surface area contributed by atoms with Crippen molar-refractivity contribution in [1.82, 2.24) is 5.32 Å². The van der Waals surface area contributed by atoms with Crippen molar-refractivity contribution in [3.05, 3.63) is 35.9 Å². The Kier molecular flexibility index (Phi) is 4.66. The Bertz CT molecular complexity index is 362. The molecule has 4 heteroatoms. The summed E-state index contributed by atoms with van der Waals surface area (Å²) in [6.45, 7) is 3.22. The highest BCUT2D eigenvalue weighted by atomic mass is 16.5. The summed E-state index contributed by atoms with van der Waals surface area (Å²) in [4.78, 5) is 11.9. The van der Waals surface area contributed by atoms with Crippen LogP contribution in [0.25, 0.3) is 0 Å². The first-order valence-electron chi connectivity index (χ1n) is 5.53. The third-order valence-electron chi connectivity index (χ3n) is 2.75. The van der Waals surface area contributed by atoms with Gasteiger partial charge in [0.1, 0.15) is 5.60 Å². The molecule has 1 atom stereocenters. The topological polar surface area (TPSA) is 58.6 Å². The highest BCUT2D eigenvalue weighted by molar-refractivity contribution is 5.84. The van der Waals surface area contributed by atoms with Crippen molar-refractivity contribution in [1.29, 1.82) is 0 Å². The van der Waals surface area contributed by atoms with Gasteiger partial charge in [-0.15, -0.1) is 0 Å². The number of benzene rings is 1. The lowest BCUT2D eigenvalue weighted by molar-refractivity contribution is -0.140. The van der Waals surface area contributed by atoms with E-state index in [1.165, 1.54) is 7.11 Å². The zero-order chi connectivity index (χ0) is 12.9. The molecule has 17 heavy (non-hydrogen) atoms. The molecule has 0 spiro atoms. The molecule has 1 amide bonds. The molecular weight excluding hydrogens is 218 g/mol. The van der Waals surface area contributed by atoms with Gasteiger partial charge in [0, 0.05) is 7.11 Å². The van der Waals surface area contributed by atoms with Crippen LogP contribution in [0.5, 0.6) is 0 Å². The van der Waals surface area contributed by atoms with E-state index in [0.29, 0.717) is 0 Å². The summed E-state index contributed by atoms with van der Waals surface area (Å²) in [6, 6.07) is 8.94. The van der Waals surface area contributed by atoms with Gasteiger partial charge in [-0.2, -0.15) is 0 Å². The summed E-state index contributed by atoms with van der Waals surface area (Å²) in [5.41, 5.74) is -0.0300. The summed E-state index contributed by atoms with van der Waals surface area (Å²) >= 11 is 0. The number of amides is 1. The van der Waals surface area contributed by atoms with E-state index in [1.54, 1.807) is 13.8 Å². The van der Waals surface area contributed by atoms with E-state index in [4.69, 9.17) is 4.74 Å². The number of hydrogen-bond donors (Lipinski definition) is 2. The van der Waals surface area contributed by atoms with E-state index in [9.17, 15) is 9.90 Å². The fourth-order valence-electron chi connectivity index (χ4n) is 1.34. The second-order valence-electron chi connectivity index (χ2n) is 4.33. The van der Waals surface area contributed by atoms with Crippen molar-refractivity contribution >= 4 is 5.91 Å². The monoisotopic (exact) mass is 237 g/mol. The Hall–Kier alpha value is -1.39.